The molecule has 0 spiro atoms. The molecule has 1 aliphatic heterocycles. The minimum atomic E-state index is -0.250. The fraction of sp³-hybridized carbons (Fsp3) is 0.419. The van der Waals surface area contributed by atoms with E-state index in [1.54, 1.807) is 0 Å². The minimum absolute atomic E-state index is 0.250. The molecular formula is C31H38N4O. The van der Waals surface area contributed by atoms with Gasteiger partial charge in [-0.3, -0.25) is 4.90 Å². The highest BCUT2D eigenvalue weighted by Crippen LogP contribution is 2.35. The topological polar surface area (TPSA) is 43.2 Å². The van der Waals surface area contributed by atoms with Gasteiger partial charge < -0.3 is 4.74 Å². The molecule has 2 heterocycles. The van der Waals surface area contributed by atoms with Crippen LogP contribution in [0.3, 0.4) is 0 Å². The molecule has 0 N–H and O–H groups in total. The molecule has 0 bridgehead atoms. The van der Waals surface area contributed by atoms with Gasteiger partial charge in [-0.1, -0.05) is 48.5 Å². The van der Waals surface area contributed by atoms with E-state index in [2.05, 4.69) is 105 Å². The summed E-state index contributed by atoms with van der Waals surface area (Å²) in [4.78, 5) is 2.53. The first-order valence-corrected chi connectivity index (χ1v) is 13.0. The van der Waals surface area contributed by atoms with Crippen LogP contribution >= 0.6 is 0 Å². The fourth-order valence-electron chi connectivity index (χ4n) is 5.75. The van der Waals surface area contributed by atoms with Crippen LogP contribution < -0.4 is 4.74 Å². The highest BCUT2D eigenvalue weighted by Gasteiger charge is 2.29. The third kappa shape index (κ3) is 4.64. The van der Waals surface area contributed by atoms with Gasteiger partial charge in [-0.2, -0.15) is 0 Å². The van der Waals surface area contributed by atoms with Crippen molar-refractivity contribution in [1.29, 1.82) is 0 Å². The van der Waals surface area contributed by atoms with E-state index < -0.39 is 0 Å². The SMILES string of the molecule is CC[C@H](c1ccc(C)c(CN2Cc3ccc(C)cc3OC(C)(C)C2)c1)c1ccc2c(nnn2C)c1C. The van der Waals surface area contributed by atoms with E-state index in [0.29, 0.717) is 5.92 Å². The first-order valence-electron chi connectivity index (χ1n) is 13.0. The van der Waals surface area contributed by atoms with Gasteiger partial charge in [-0.05, 0) is 86.6 Å². The summed E-state index contributed by atoms with van der Waals surface area (Å²) in [5, 5.41) is 8.68. The first kappa shape index (κ1) is 24.5. The monoisotopic (exact) mass is 482 g/mol. The largest absolute Gasteiger partial charge is 0.486 e. The Balaban J connectivity index is 1.47. The van der Waals surface area contributed by atoms with Crippen LogP contribution in [0.2, 0.25) is 0 Å². The quantitative estimate of drug-likeness (QED) is 0.321. The second kappa shape index (κ2) is 9.36. The highest BCUT2D eigenvalue weighted by atomic mass is 16.5. The van der Waals surface area contributed by atoms with E-state index >= 15 is 0 Å². The third-order valence-corrected chi connectivity index (χ3v) is 7.64. The lowest BCUT2D eigenvalue weighted by Gasteiger charge is -2.30. The van der Waals surface area contributed by atoms with Gasteiger partial charge in [0.25, 0.3) is 0 Å². The van der Waals surface area contributed by atoms with Crippen molar-refractivity contribution >= 4 is 11.0 Å². The molecule has 0 amide bonds. The van der Waals surface area contributed by atoms with Gasteiger partial charge >= 0.3 is 0 Å². The Hall–Kier alpha value is -3.18. The molecule has 0 fully saturated rings. The van der Waals surface area contributed by atoms with Crippen molar-refractivity contribution in [2.45, 2.75) is 72.6 Å². The van der Waals surface area contributed by atoms with Gasteiger partial charge in [0.05, 0.1) is 5.52 Å². The normalized spacial score (nSPS) is 16.4. The maximum atomic E-state index is 6.46. The number of aryl methyl sites for hydroxylation is 4. The van der Waals surface area contributed by atoms with Crippen LogP contribution in [0.25, 0.3) is 11.0 Å². The van der Waals surface area contributed by atoms with Crippen molar-refractivity contribution in [2.24, 2.45) is 7.05 Å². The molecule has 1 aliphatic rings. The van der Waals surface area contributed by atoms with Crippen molar-refractivity contribution in [3.63, 3.8) is 0 Å². The number of nitrogens with zero attached hydrogens (tertiary/aromatic N) is 4. The van der Waals surface area contributed by atoms with Crippen molar-refractivity contribution in [3.8, 4) is 5.75 Å². The Kier molecular flexibility index (Phi) is 6.37. The molecule has 0 saturated heterocycles. The van der Waals surface area contributed by atoms with Crippen LogP contribution in [0.1, 0.15) is 72.1 Å². The van der Waals surface area contributed by atoms with Gasteiger partial charge in [0.2, 0.25) is 0 Å². The molecule has 1 atom stereocenters. The molecule has 4 aromatic rings. The lowest BCUT2D eigenvalue weighted by Crippen LogP contribution is -2.40. The molecule has 3 aromatic carbocycles. The Morgan fingerprint density at radius 2 is 1.83 bits per heavy atom. The van der Waals surface area contributed by atoms with E-state index in [0.717, 1.165) is 42.8 Å². The van der Waals surface area contributed by atoms with Crippen molar-refractivity contribution in [1.82, 2.24) is 19.9 Å². The molecule has 5 rings (SSSR count). The average molecular weight is 483 g/mol. The summed E-state index contributed by atoms with van der Waals surface area (Å²) in [5.74, 6) is 1.34. The van der Waals surface area contributed by atoms with Gasteiger partial charge in [-0.15, -0.1) is 5.10 Å². The van der Waals surface area contributed by atoms with E-state index in [9.17, 15) is 0 Å². The summed E-state index contributed by atoms with van der Waals surface area (Å²) in [5.41, 5.74) is 11.0. The molecule has 0 saturated carbocycles. The zero-order valence-corrected chi connectivity index (χ0v) is 22.7. The van der Waals surface area contributed by atoms with Crippen molar-refractivity contribution < 1.29 is 4.74 Å². The zero-order valence-electron chi connectivity index (χ0n) is 22.7. The Morgan fingerprint density at radius 1 is 1.03 bits per heavy atom. The van der Waals surface area contributed by atoms with Crippen LogP contribution in [-0.4, -0.2) is 32.0 Å². The molecule has 1 aromatic heterocycles. The minimum Gasteiger partial charge on any atom is -0.486 e. The molecule has 0 radical (unpaired) electrons. The standard InChI is InChI=1S/C31H38N4O/c1-8-26(27-13-14-28-30(22(27)4)32-33-34(28)7)23-12-10-21(3)25(16-23)18-35-17-24-11-9-20(2)15-29(24)36-31(5,6)19-35/h9-16,26H,8,17-19H2,1-7H3/t26-/m1/s1. The fourth-order valence-corrected chi connectivity index (χ4v) is 5.75. The van der Waals surface area contributed by atoms with Gasteiger partial charge in [0.1, 0.15) is 16.9 Å². The van der Waals surface area contributed by atoms with E-state index in [4.69, 9.17) is 4.74 Å². The number of hydrogen-bond acceptors (Lipinski definition) is 4. The number of benzene rings is 3. The maximum absolute atomic E-state index is 6.46. The van der Waals surface area contributed by atoms with E-state index in [-0.39, 0.29) is 5.60 Å². The predicted octanol–water partition coefficient (Wildman–Crippen LogP) is 6.61. The molecule has 188 valence electrons. The zero-order chi connectivity index (χ0) is 25.6. The lowest BCUT2D eigenvalue weighted by atomic mass is 9.85. The summed E-state index contributed by atoms with van der Waals surface area (Å²) in [6.45, 7) is 15.9. The molecule has 0 unspecified atom stereocenters. The highest BCUT2D eigenvalue weighted by molar-refractivity contribution is 5.79. The summed E-state index contributed by atoms with van der Waals surface area (Å²) < 4.78 is 8.31. The van der Waals surface area contributed by atoms with Crippen LogP contribution in [0, 0.1) is 20.8 Å². The van der Waals surface area contributed by atoms with Crippen LogP contribution in [-0.2, 0) is 20.1 Å². The smallest absolute Gasteiger partial charge is 0.124 e. The Bertz CT molecular complexity index is 1420. The molecule has 5 heteroatoms. The predicted molar refractivity (Wildman–Crippen MR) is 147 cm³/mol. The van der Waals surface area contributed by atoms with Crippen LogP contribution in [0.5, 0.6) is 5.75 Å². The number of ether oxygens (including phenoxy) is 1. The Morgan fingerprint density at radius 3 is 2.61 bits per heavy atom. The number of fused-ring (bicyclic) bond motifs is 2. The second-order valence-electron chi connectivity index (χ2n) is 11.1. The Labute approximate surface area is 215 Å². The molecule has 36 heavy (non-hydrogen) atoms. The maximum Gasteiger partial charge on any atom is 0.124 e. The summed E-state index contributed by atoms with van der Waals surface area (Å²) in [6.07, 6.45) is 1.03. The summed E-state index contributed by atoms with van der Waals surface area (Å²) >= 11 is 0. The van der Waals surface area contributed by atoms with E-state index in [1.807, 2.05) is 11.7 Å². The second-order valence-corrected chi connectivity index (χ2v) is 11.1. The summed E-state index contributed by atoms with van der Waals surface area (Å²) in [7, 11) is 1.95. The van der Waals surface area contributed by atoms with Crippen LogP contribution in [0.4, 0.5) is 0 Å². The number of rotatable bonds is 5. The van der Waals surface area contributed by atoms with Crippen LogP contribution in [0.15, 0.2) is 48.5 Å². The molecule has 5 nitrogen and oxygen atoms in total. The average Bonchev–Trinajstić information content (AvgIpc) is 3.14. The van der Waals surface area contributed by atoms with Gasteiger partial charge in [0, 0.05) is 38.2 Å². The van der Waals surface area contributed by atoms with E-state index in [1.165, 1.54) is 38.9 Å². The third-order valence-electron chi connectivity index (χ3n) is 7.64. The number of aromatic nitrogens is 3. The van der Waals surface area contributed by atoms with Crippen molar-refractivity contribution in [3.05, 3.63) is 87.5 Å². The first-order chi connectivity index (χ1) is 17.1. The molecule has 0 aliphatic carbocycles. The number of hydrogen-bond donors (Lipinski definition) is 0. The van der Waals surface area contributed by atoms with Crippen molar-refractivity contribution in [2.75, 3.05) is 6.54 Å². The summed E-state index contributed by atoms with van der Waals surface area (Å²) in [6, 6.07) is 18.0. The lowest BCUT2D eigenvalue weighted by molar-refractivity contribution is 0.0681. The molecular weight excluding hydrogens is 444 g/mol. The van der Waals surface area contributed by atoms with Gasteiger partial charge in [0.15, 0.2) is 0 Å². The van der Waals surface area contributed by atoms with Gasteiger partial charge in [-0.25, -0.2) is 4.68 Å².